The van der Waals surface area contributed by atoms with E-state index in [-0.39, 0.29) is 17.9 Å². The number of nitrogens with one attached hydrogen (secondary N) is 1. The third-order valence-corrected chi connectivity index (χ3v) is 6.95. The Morgan fingerprint density at radius 1 is 1.06 bits per heavy atom. The Labute approximate surface area is 188 Å². The highest BCUT2D eigenvalue weighted by Gasteiger charge is 2.30. The lowest BCUT2D eigenvalue weighted by Gasteiger charge is -2.35. The van der Waals surface area contributed by atoms with E-state index in [1.165, 1.54) is 19.3 Å². The Morgan fingerprint density at radius 3 is 2.42 bits per heavy atom. The summed E-state index contributed by atoms with van der Waals surface area (Å²) in [5.74, 6) is 0.334. The molecule has 0 bridgehead atoms. The molecule has 4 rings (SSSR count). The number of nitrogens with zero attached hydrogens (tertiary/aromatic N) is 3. The maximum absolute atomic E-state index is 13.0. The maximum atomic E-state index is 13.0. The molecule has 6 nitrogen and oxygen atoms in total. The van der Waals surface area contributed by atoms with E-state index in [4.69, 9.17) is 11.6 Å². The SMILES string of the molecule is Cc1nn(Cc2ccccc2)c(Cl)c1C(=O)NC1CCN(C(=O)C2CCCCC2)CC1. The molecule has 0 spiro atoms. The summed E-state index contributed by atoms with van der Waals surface area (Å²) in [5, 5.41) is 7.96. The van der Waals surface area contributed by atoms with Crippen LogP contribution in [-0.4, -0.2) is 45.6 Å². The van der Waals surface area contributed by atoms with Crippen molar-refractivity contribution in [2.75, 3.05) is 13.1 Å². The Morgan fingerprint density at radius 2 is 1.74 bits per heavy atom. The van der Waals surface area contributed by atoms with Gasteiger partial charge in [0.2, 0.25) is 5.91 Å². The molecule has 1 aliphatic carbocycles. The molecule has 1 N–H and O–H groups in total. The van der Waals surface area contributed by atoms with Gasteiger partial charge in [0.1, 0.15) is 5.15 Å². The van der Waals surface area contributed by atoms with Gasteiger partial charge in [-0.2, -0.15) is 5.10 Å². The predicted octanol–water partition coefficient (Wildman–Crippen LogP) is 4.19. The summed E-state index contributed by atoms with van der Waals surface area (Å²) in [5.41, 5.74) is 2.15. The second-order valence-corrected chi connectivity index (χ2v) is 9.16. The second kappa shape index (κ2) is 9.86. The molecule has 2 aromatic rings. The minimum Gasteiger partial charge on any atom is -0.349 e. The number of halogens is 1. The third-order valence-electron chi connectivity index (χ3n) is 6.56. The van der Waals surface area contributed by atoms with E-state index in [1.807, 2.05) is 42.2 Å². The van der Waals surface area contributed by atoms with E-state index >= 15 is 0 Å². The standard InChI is InChI=1S/C24H31ClN4O2/c1-17-21(22(25)29(27-17)16-18-8-4-2-5-9-18)23(30)26-20-12-14-28(15-13-20)24(31)19-10-6-3-7-11-19/h2,4-5,8-9,19-20H,3,6-7,10-16H2,1H3,(H,26,30). The molecule has 7 heteroatoms. The van der Waals surface area contributed by atoms with Crippen molar-refractivity contribution in [1.29, 1.82) is 0 Å². The lowest BCUT2D eigenvalue weighted by molar-refractivity contribution is -0.137. The van der Waals surface area contributed by atoms with Crippen LogP contribution in [0.15, 0.2) is 30.3 Å². The smallest absolute Gasteiger partial charge is 0.256 e. The zero-order chi connectivity index (χ0) is 21.8. The van der Waals surface area contributed by atoms with E-state index in [1.54, 1.807) is 4.68 Å². The van der Waals surface area contributed by atoms with Gasteiger partial charge in [0.25, 0.3) is 5.91 Å². The second-order valence-electron chi connectivity index (χ2n) is 8.80. The Hall–Kier alpha value is -2.34. The van der Waals surface area contributed by atoms with Crippen LogP contribution < -0.4 is 5.32 Å². The molecule has 31 heavy (non-hydrogen) atoms. The van der Waals surface area contributed by atoms with Gasteiger partial charge in [0.15, 0.2) is 0 Å². The molecule has 0 radical (unpaired) electrons. The zero-order valence-corrected chi connectivity index (χ0v) is 18.9. The molecule has 1 aliphatic heterocycles. The van der Waals surface area contributed by atoms with Crippen molar-refractivity contribution < 1.29 is 9.59 Å². The van der Waals surface area contributed by atoms with Gasteiger partial charge >= 0.3 is 0 Å². The van der Waals surface area contributed by atoms with Crippen LogP contribution in [0.1, 0.15) is 66.6 Å². The third kappa shape index (κ3) is 5.12. The zero-order valence-electron chi connectivity index (χ0n) is 18.1. The number of amides is 2. The molecule has 2 heterocycles. The van der Waals surface area contributed by atoms with Crippen LogP contribution in [0.3, 0.4) is 0 Å². The first kappa shape index (κ1) is 21.9. The van der Waals surface area contributed by atoms with Crippen LogP contribution in [0, 0.1) is 12.8 Å². The molecule has 2 amide bonds. The molecule has 1 saturated carbocycles. The van der Waals surface area contributed by atoms with Gasteiger partial charge in [-0.25, -0.2) is 4.68 Å². The van der Waals surface area contributed by atoms with Gasteiger partial charge in [-0.3, -0.25) is 9.59 Å². The molecule has 166 valence electrons. The molecule has 1 saturated heterocycles. The molecule has 2 aliphatic rings. The minimum absolute atomic E-state index is 0.0517. The number of hydrogen-bond acceptors (Lipinski definition) is 3. The summed E-state index contributed by atoms with van der Waals surface area (Å²) in [6.45, 7) is 3.75. The number of likely N-dealkylation sites (tertiary alicyclic amines) is 1. The van der Waals surface area contributed by atoms with Gasteiger partial charge < -0.3 is 10.2 Å². The van der Waals surface area contributed by atoms with E-state index in [2.05, 4.69) is 10.4 Å². The first-order chi connectivity index (χ1) is 15.0. The molecule has 1 aromatic heterocycles. The summed E-state index contributed by atoms with van der Waals surface area (Å²) in [7, 11) is 0. The Bertz CT molecular complexity index is 913. The number of aromatic nitrogens is 2. The summed E-state index contributed by atoms with van der Waals surface area (Å²) < 4.78 is 1.67. The average Bonchev–Trinajstić information content (AvgIpc) is 3.08. The van der Waals surface area contributed by atoms with E-state index in [0.717, 1.165) is 31.2 Å². The fourth-order valence-corrected chi connectivity index (χ4v) is 5.10. The summed E-state index contributed by atoms with van der Waals surface area (Å²) in [4.78, 5) is 27.7. The first-order valence-electron chi connectivity index (χ1n) is 11.4. The topological polar surface area (TPSA) is 67.2 Å². The minimum atomic E-state index is -0.182. The Kier molecular flexibility index (Phi) is 6.96. The van der Waals surface area contributed by atoms with Gasteiger partial charge in [0.05, 0.1) is 17.8 Å². The van der Waals surface area contributed by atoms with Crippen LogP contribution in [-0.2, 0) is 11.3 Å². The van der Waals surface area contributed by atoms with Crippen molar-refractivity contribution in [3.8, 4) is 0 Å². The molecule has 1 aromatic carbocycles. The first-order valence-corrected chi connectivity index (χ1v) is 11.8. The number of piperidine rings is 1. The number of hydrogen-bond donors (Lipinski definition) is 1. The lowest BCUT2D eigenvalue weighted by atomic mass is 9.87. The van der Waals surface area contributed by atoms with Crippen molar-refractivity contribution in [3.05, 3.63) is 52.3 Å². The molecule has 0 unspecified atom stereocenters. The lowest BCUT2D eigenvalue weighted by Crippen LogP contribution is -2.48. The summed E-state index contributed by atoms with van der Waals surface area (Å²) in [6.07, 6.45) is 7.20. The van der Waals surface area contributed by atoms with Crippen LogP contribution in [0.4, 0.5) is 0 Å². The van der Waals surface area contributed by atoms with Crippen molar-refractivity contribution in [2.45, 2.75) is 64.5 Å². The number of benzene rings is 1. The van der Waals surface area contributed by atoms with E-state index in [0.29, 0.717) is 42.0 Å². The normalized spacial score (nSPS) is 18.2. The molecule has 0 atom stereocenters. The fraction of sp³-hybridized carbons (Fsp3) is 0.542. The Balaban J connectivity index is 1.33. The van der Waals surface area contributed by atoms with Crippen molar-refractivity contribution in [3.63, 3.8) is 0 Å². The highest BCUT2D eigenvalue weighted by molar-refractivity contribution is 6.33. The average molecular weight is 443 g/mol. The largest absolute Gasteiger partial charge is 0.349 e. The van der Waals surface area contributed by atoms with Crippen molar-refractivity contribution in [1.82, 2.24) is 20.0 Å². The highest BCUT2D eigenvalue weighted by Crippen LogP contribution is 2.27. The van der Waals surface area contributed by atoms with Crippen LogP contribution >= 0.6 is 11.6 Å². The van der Waals surface area contributed by atoms with E-state index < -0.39 is 0 Å². The summed E-state index contributed by atoms with van der Waals surface area (Å²) in [6, 6.07) is 9.98. The van der Waals surface area contributed by atoms with E-state index in [9.17, 15) is 9.59 Å². The van der Waals surface area contributed by atoms with Crippen LogP contribution in [0.5, 0.6) is 0 Å². The van der Waals surface area contributed by atoms with Gasteiger partial charge in [0, 0.05) is 25.0 Å². The van der Waals surface area contributed by atoms with Crippen molar-refractivity contribution in [2.24, 2.45) is 5.92 Å². The molecule has 2 fully saturated rings. The summed E-state index contributed by atoms with van der Waals surface area (Å²) >= 11 is 6.53. The maximum Gasteiger partial charge on any atom is 0.256 e. The number of rotatable bonds is 5. The highest BCUT2D eigenvalue weighted by atomic mass is 35.5. The van der Waals surface area contributed by atoms with Gasteiger partial charge in [-0.1, -0.05) is 61.2 Å². The number of aryl methyl sites for hydroxylation is 1. The quantitative estimate of drug-likeness (QED) is 0.754. The fourth-order valence-electron chi connectivity index (χ4n) is 4.78. The van der Waals surface area contributed by atoms with Crippen LogP contribution in [0.25, 0.3) is 0 Å². The predicted molar refractivity (Wildman–Crippen MR) is 121 cm³/mol. The van der Waals surface area contributed by atoms with Gasteiger partial charge in [-0.05, 0) is 38.2 Å². The van der Waals surface area contributed by atoms with Crippen molar-refractivity contribution >= 4 is 23.4 Å². The molecular weight excluding hydrogens is 412 g/mol. The number of carbonyl (C=O) groups is 2. The molecular formula is C24H31ClN4O2. The number of carbonyl (C=O) groups excluding carboxylic acids is 2. The van der Waals surface area contributed by atoms with Gasteiger partial charge in [-0.15, -0.1) is 0 Å². The van der Waals surface area contributed by atoms with Crippen LogP contribution in [0.2, 0.25) is 5.15 Å². The monoisotopic (exact) mass is 442 g/mol.